The van der Waals surface area contributed by atoms with Crippen molar-refractivity contribution in [1.29, 1.82) is 0 Å². The Morgan fingerprint density at radius 3 is 2.31 bits per heavy atom. The molecule has 1 saturated heterocycles. The minimum Gasteiger partial charge on any atom is -0.465 e. The number of ether oxygens (including phenoxy) is 2. The van der Waals surface area contributed by atoms with Gasteiger partial charge in [-0.3, -0.25) is 15.4 Å². The molecule has 156 valence electrons. The highest BCUT2D eigenvalue weighted by atomic mass is 16.7. The van der Waals surface area contributed by atoms with E-state index in [-0.39, 0.29) is 17.0 Å². The standard InChI is InChI=1S/C19H23N3O7/c1-17(2)18(3,4)22-19(20-17,11-8-7-9-12(10-11)21(25)26)13(15(23)27-5)14(29-22)16(24)28-6/h7-10,20H,1-6H3. The molecule has 1 aromatic rings. The van der Waals surface area contributed by atoms with Crippen molar-refractivity contribution in [1.82, 2.24) is 10.4 Å². The molecule has 0 amide bonds. The summed E-state index contributed by atoms with van der Waals surface area (Å²) < 4.78 is 9.74. The second kappa shape index (κ2) is 6.53. The summed E-state index contributed by atoms with van der Waals surface area (Å²) >= 11 is 0. The summed E-state index contributed by atoms with van der Waals surface area (Å²) in [4.78, 5) is 42.0. The second-order valence-corrected chi connectivity index (χ2v) is 7.90. The molecule has 10 nitrogen and oxygen atoms in total. The van der Waals surface area contributed by atoms with Crippen LogP contribution in [0.25, 0.3) is 0 Å². The van der Waals surface area contributed by atoms with E-state index in [2.05, 4.69) is 5.32 Å². The van der Waals surface area contributed by atoms with Crippen molar-refractivity contribution in [2.75, 3.05) is 14.2 Å². The first-order valence-corrected chi connectivity index (χ1v) is 8.88. The van der Waals surface area contributed by atoms with Crippen LogP contribution >= 0.6 is 0 Å². The number of rotatable bonds is 4. The zero-order chi connectivity index (χ0) is 21.8. The first-order chi connectivity index (χ1) is 13.4. The van der Waals surface area contributed by atoms with Crippen molar-refractivity contribution in [3.05, 3.63) is 51.3 Å². The van der Waals surface area contributed by atoms with E-state index in [0.29, 0.717) is 5.56 Å². The Morgan fingerprint density at radius 1 is 1.14 bits per heavy atom. The number of fused-ring (bicyclic) bond motifs is 1. The Kier molecular flexibility index (Phi) is 4.67. The Morgan fingerprint density at radius 2 is 1.76 bits per heavy atom. The molecule has 1 atom stereocenters. The van der Waals surface area contributed by atoms with E-state index in [1.54, 1.807) is 6.07 Å². The first-order valence-electron chi connectivity index (χ1n) is 8.88. The van der Waals surface area contributed by atoms with Crippen LogP contribution in [0, 0.1) is 10.1 Å². The lowest BCUT2D eigenvalue weighted by molar-refractivity contribution is -0.385. The van der Waals surface area contributed by atoms with Crippen LogP contribution in [0.2, 0.25) is 0 Å². The molecule has 0 saturated carbocycles. The van der Waals surface area contributed by atoms with E-state index >= 15 is 0 Å². The number of non-ortho nitro benzene ring substituents is 1. The average molecular weight is 405 g/mol. The number of carbonyl (C=O) groups excluding carboxylic acids is 2. The summed E-state index contributed by atoms with van der Waals surface area (Å²) in [6.45, 7) is 7.55. The Labute approximate surface area is 167 Å². The predicted octanol–water partition coefficient (Wildman–Crippen LogP) is 1.76. The van der Waals surface area contributed by atoms with Gasteiger partial charge in [-0.15, -0.1) is 5.06 Å². The number of hydroxylamine groups is 2. The summed E-state index contributed by atoms with van der Waals surface area (Å²) in [5, 5.41) is 16.2. The van der Waals surface area contributed by atoms with Gasteiger partial charge in [0.25, 0.3) is 5.69 Å². The molecular weight excluding hydrogens is 382 g/mol. The Balaban J connectivity index is 2.38. The highest BCUT2D eigenvalue weighted by Gasteiger charge is 2.70. The zero-order valence-corrected chi connectivity index (χ0v) is 17.1. The fraction of sp³-hybridized carbons (Fsp3) is 0.474. The van der Waals surface area contributed by atoms with Gasteiger partial charge < -0.3 is 14.3 Å². The number of nitrogens with one attached hydrogen (secondary N) is 1. The monoisotopic (exact) mass is 405 g/mol. The molecule has 0 aliphatic carbocycles. The maximum Gasteiger partial charge on any atom is 0.376 e. The van der Waals surface area contributed by atoms with Crippen LogP contribution in [0.15, 0.2) is 35.6 Å². The molecule has 0 spiro atoms. The molecule has 0 bridgehead atoms. The topological polar surface area (TPSA) is 120 Å². The quantitative estimate of drug-likeness (QED) is 0.454. The lowest BCUT2D eigenvalue weighted by Crippen LogP contribution is -2.53. The van der Waals surface area contributed by atoms with Gasteiger partial charge in [0.1, 0.15) is 5.57 Å². The molecule has 10 heteroatoms. The summed E-state index contributed by atoms with van der Waals surface area (Å²) in [5.74, 6) is -2.01. The molecule has 2 aliphatic rings. The molecule has 0 radical (unpaired) electrons. The molecule has 1 aromatic carbocycles. The van der Waals surface area contributed by atoms with Crippen LogP contribution in [0.4, 0.5) is 5.69 Å². The van der Waals surface area contributed by atoms with Crippen molar-refractivity contribution in [3.8, 4) is 0 Å². The smallest absolute Gasteiger partial charge is 0.376 e. The maximum atomic E-state index is 12.8. The first kappa shape index (κ1) is 20.7. The Hall–Kier alpha value is -2.98. The van der Waals surface area contributed by atoms with Crippen LogP contribution in [-0.2, 0) is 29.6 Å². The third kappa shape index (κ3) is 2.70. The van der Waals surface area contributed by atoms with Crippen molar-refractivity contribution in [3.63, 3.8) is 0 Å². The molecule has 29 heavy (non-hydrogen) atoms. The van der Waals surface area contributed by atoms with Crippen molar-refractivity contribution < 1.29 is 28.8 Å². The van der Waals surface area contributed by atoms with Gasteiger partial charge in [-0.2, -0.15) is 0 Å². The number of nitro benzene ring substituents is 1. The largest absolute Gasteiger partial charge is 0.465 e. The normalized spacial score (nSPS) is 24.6. The number of esters is 2. The summed E-state index contributed by atoms with van der Waals surface area (Å²) in [5.41, 5.74) is -2.85. The van der Waals surface area contributed by atoms with Crippen molar-refractivity contribution >= 4 is 17.6 Å². The van der Waals surface area contributed by atoms with Crippen molar-refractivity contribution in [2.24, 2.45) is 0 Å². The van der Waals surface area contributed by atoms with Gasteiger partial charge in [-0.1, -0.05) is 12.1 Å². The lowest BCUT2D eigenvalue weighted by Gasteiger charge is -2.38. The highest BCUT2D eigenvalue weighted by molar-refractivity contribution is 6.01. The zero-order valence-electron chi connectivity index (χ0n) is 17.1. The SMILES string of the molecule is COC(=O)C1=C(C(=O)OC)C2(c3cccc([N+](=O)[O-])c3)NC(C)(C)C(C)(C)N2O1. The second-order valence-electron chi connectivity index (χ2n) is 7.90. The predicted molar refractivity (Wildman–Crippen MR) is 100 cm³/mol. The van der Waals surface area contributed by atoms with Gasteiger partial charge in [0.05, 0.1) is 24.7 Å². The van der Waals surface area contributed by atoms with Gasteiger partial charge in [0.2, 0.25) is 5.76 Å². The molecule has 3 rings (SSSR count). The van der Waals surface area contributed by atoms with Crippen LogP contribution in [0.3, 0.4) is 0 Å². The lowest BCUT2D eigenvalue weighted by atomic mass is 9.84. The number of hydrogen-bond acceptors (Lipinski definition) is 9. The molecule has 2 aliphatic heterocycles. The van der Waals surface area contributed by atoms with Crippen LogP contribution < -0.4 is 5.32 Å². The number of hydrogen-bond donors (Lipinski definition) is 1. The van der Waals surface area contributed by atoms with Crippen LogP contribution in [-0.4, -0.2) is 47.2 Å². The van der Waals surface area contributed by atoms with Gasteiger partial charge in [0.15, 0.2) is 5.66 Å². The van der Waals surface area contributed by atoms with E-state index in [1.807, 2.05) is 27.7 Å². The number of nitro groups is 1. The highest BCUT2D eigenvalue weighted by Crippen LogP contribution is 2.55. The fourth-order valence-electron chi connectivity index (χ4n) is 3.73. The number of carbonyl (C=O) groups is 2. The molecule has 1 fully saturated rings. The van der Waals surface area contributed by atoms with E-state index in [1.165, 1.54) is 37.5 Å². The summed E-state index contributed by atoms with van der Waals surface area (Å²) in [7, 11) is 2.35. The number of benzene rings is 1. The number of nitrogens with zero attached hydrogens (tertiary/aromatic N) is 2. The van der Waals surface area contributed by atoms with Crippen LogP contribution in [0.5, 0.6) is 0 Å². The third-order valence-electron chi connectivity index (χ3n) is 5.84. The van der Waals surface area contributed by atoms with E-state index < -0.39 is 33.6 Å². The van der Waals surface area contributed by atoms with Gasteiger partial charge in [0, 0.05) is 23.2 Å². The van der Waals surface area contributed by atoms with Gasteiger partial charge >= 0.3 is 11.9 Å². The van der Waals surface area contributed by atoms with E-state index in [9.17, 15) is 19.7 Å². The fourth-order valence-corrected chi connectivity index (χ4v) is 3.73. The molecule has 2 heterocycles. The molecule has 0 aromatic heterocycles. The van der Waals surface area contributed by atoms with E-state index in [0.717, 1.165) is 0 Å². The Bertz CT molecular complexity index is 937. The summed E-state index contributed by atoms with van der Waals surface area (Å²) in [6, 6.07) is 5.81. The minimum absolute atomic E-state index is 0.133. The van der Waals surface area contributed by atoms with Gasteiger partial charge in [-0.05, 0) is 27.7 Å². The maximum absolute atomic E-state index is 12.8. The summed E-state index contributed by atoms with van der Waals surface area (Å²) in [6.07, 6.45) is 0. The van der Waals surface area contributed by atoms with Gasteiger partial charge in [-0.25, -0.2) is 9.59 Å². The van der Waals surface area contributed by atoms with E-state index in [4.69, 9.17) is 14.3 Å². The average Bonchev–Trinajstić information content (AvgIpc) is 3.09. The molecular formula is C19H23N3O7. The molecule has 1 unspecified atom stereocenters. The van der Waals surface area contributed by atoms with Crippen molar-refractivity contribution in [2.45, 2.75) is 44.4 Å². The minimum atomic E-state index is -1.50. The molecule has 1 N–H and O–H groups in total. The number of methoxy groups -OCH3 is 2. The van der Waals surface area contributed by atoms with Crippen LogP contribution in [0.1, 0.15) is 33.3 Å². The third-order valence-corrected chi connectivity index (χ3v) is 5.84.